The molecule has 1 atom stereocenters. The molecule has 0 radical (unpaired) electrons. The summed E-state index contributed by atoms with van der Waals surface area (Å²) in [6.45, 7) is 5.38. The number of hydrogen-bond donors (Lipinski definition) is 1. The highest BCUT2D eigenvalue weighted by molar-refractivity contribution is 7.99. The predicted octanol–water partition coefficient (Wildman–Crippen LogP) is 3.61. The number of nitrogens with one attached hydrogen (secondary N) is 1. The van der Waals surface area contributed by atoms with Crippen LogP contribution in [0.5, 0.6) is 0 Å². The van der Waals surface area contributed by atoms with E-state index in [0.29, 0.717) is 6.04 Å². The van der Waals surface area contributed by atoms with Crippen LogP contribution in [0.15, 0.2) is 24.3 Å². The zero-order valence-electron chi connectivity index (χ0n) is 10.0. The molecule has 1 unspecified atom stereocenters. The van der Waals surface area contributed by atoms with Gasteiger partial charge in [-0.3, -0.25) is 0 Å². The first-order valence-corrected chi connectivity index (χ1v) is 7.35. The van der Waals surface area contributed by atoms with Crippen molar-refractivity contribution in [3.8, 4) is 0 Å². The van der Waals surface area contributed by atoms with Crippen molar-refractivity contribution in [2.45, 2.75) is 26.3 Å². The molecule has 0 aliphatic carbocycles. The molecule has 16 heavy (non-hydrogen) atoms. The first-order valence-electron chi connectivity index (χ1n) is 5.81. The molecule has 1 aromatic rings. The number of thioether (sulfide) groups is 1. The summed E-state index contributed by atoms with van der Waals surface area (Å²) in [5.41, 5.74) is 1.31. The number of halogens is 1. The third-order valence-electron chi connectivity index (χ3n) is 2.39. The van der Waals surface area contributed by atoms with Gasteiger partial charge in [-0.2, -0.15) is 11.8 Å². The third-order valence-corrected chi connectivity index (χ3v) is 3.67. The molecule has 0 aliphatic rings. The van der Waals surface area contributed by atoms with Crippen LogP contribution in [0.1, 0.15) is 19.4 Å². The Morgan fingerprint density at radius 1 is 1.38 bits per heavy atom. The van der Waals surface area contributed by atoms with Gasteiger partial charge < -0.3 is 5.32 Å². The van der Waals surface area contributed by atoms with Crippen molar-refractivity contribution in [3.05, 3.63) is 34.9 Å². The predicted molar refractivity (Wildman–Crippen MR) is 75.6 cm³/mol. The van der Waals surface area contributed by atoms with Gasteiger partial charge in [0.05, 0.1) is 0 Å². The van der Waals surface area contributed by atoms with Gasteiger partial charge in [0.2, 0.25) is 0 Å². The first-order chi connectivity index (χ1) is 7.76. The van der Waals surface area contributed by atoms with Gasteiger partial charge in [-0.15, -0.1) is 0 Å². The second kappa shape index (κ2) is 7.99. The van der Waals surface area contributed by atoms with E-state index in [2.05, 4.69) is 31.3 Å². The van der Waals surface area contributed by atoms with Crippen molar-refractivity contribution in [2.75, 3.05) is 18.1 Å². The van der Waals surface area contributed by atoms with Crippen molar-refractivity contribution >= 4 is 23.4 Å². The van der Waals surface area contributed by atoms with E-state index in [0.717, 1.165) is 23.7 Å². The zero-order chi connectivity index (χ0) is 11.8. The Balaban J connectivity index is 2.52. The fraction of sp³-hybridized carbons (Fsp3) is 0.538. The summed E-state index contributed by atoms with van der Waals surface area (Å²) >= 11 is 7.97. The SMILES string of the molecule is CCNC(CSCC)Cc1cccc(Cl)c1. The lowest BCUT2D eigenvalue weighted by molar-refractivity contribution is 0.573. The van der Waals surface area contributed by atoms with Crippen LogP contribution >= 0.6 is 23.4 Å². The van der Waals surface area contributed by atoms with E-state index in [1.165, 1.54) is 11.3 Å². The fourth-order valence-electron chi connectivity index (χ4n) is 1.69. The Morgan fingerprint density at radius 2 is 2.19 bits per heavy atom. The van der Waals surface area contributed by atoms with Gasteiger partial charge in [0.1, 0.15) is 0 Å². The average molecular weight is 258 g/mol. The summed E-state index contributed by atoms with van der Waals surface area (Å²) in [5, 5.41) is 4.35. The molecule has 1 nitrogen and oxygen atoms in total. The van der Waals surface area contributed by atoms with E-state index in [9.17, 15) is 0 Å². The molecule has 1 N–H and O–H groups in total. The van der Waals surface area contributed by atoms with Gasteiger partial charge in [-0.05, 0) is 36.4 Å². The minimum Gasteiger partial charge on any atom is -0.313 e. The third kappa shape index (κ3) is 5.24. The van der Waals surface area contributed by atoms with E-state index in [-0.39, 0.29) is 0 Å². The first kappa shape index (κ1) is 13.9. The molecule has 0 fully saturated rings. The van der Waals surface area contributed by atoms with Crippen molar-refractivity contribution in [1.29, 1.82) is 0 Å². The summed E-state index contributed by atoms with van der Waals surface area (Å²) in [4.78, 5) is 0. The number of rotatable bonds is 7. The summed E-state index contributed by atoms with van der Waals surface area (Å²) < 4.78 is 0. The minimum absolute atomic E-state index is 0.549. The van der Waals surface area contributed by atoms with Gasteiger partial charge in [0, 0.05) is 16.8 Å². The molecule has 0 aromatic heterocycles. The Bertz CT molecular complexity index is 304. The molecule has 0 amide bonds. The van der Waals surface area contributed by atoms with Crippen LogP contribution in [0.2, 0.25) is 5.02 Å². The quantitative estimate of drug-likeness (QED) is 0.801. The molecule has 0 bridgehead atoms. The maximum atomic E-state index is 5.98. The number of likely N-dealkylation sites (N-methyl/N-ethyl adjacent to an activating group) is 1. The normalized spacial score (nSPS) is 12.7. The lowest BCUT2D eigenvalue weighted by Gasteiger charge is -2.17. The Morgan fingerprint density at radius 3 is 2.81 bits per heavy atom. The highest BCUT2D eigenvalue weighted by Gasteiger charge is 2.08. The Labute approximate surface area is 108 Å². The van der Waals surface area contributed by atoms with Crippen molar-refractivity contribution in [2.24, 2.45) is 0 Å². The monoisotopic (exact) mass is 257 g/mol. The highest BCUT2D eigenvalue weighted by atomic mass is 35.5. The Hall–Kier alpha value is -0.180. The van der Waals surface area contributed by atoms with E-state index in [1.54, 1.807) is 0 Å². The highest BCUT2D eigenvalue weighted by Crippen LogP contribution is 2.14. The van der Waals surface area contributed by atoms with Crippen molar-refractivity contribution in [1.82, 2.24) is 5.32 Å². The van der Waals surface area contributed by atoms with E-state index in [4.69, 9.17) is 11.6 Å². The molecule has 0 saturated carbocycles. The van der Waals surface area contributed by atoms with Crippen LogP contribution in [0.25, 0.3) is 0 Å². The zero-order valence-corrected chi connectivity index (χ0v) is 11.6. The van der Waals surface area contributed by atoms with Crippen LogP contribution in [0.3, 0.4) is 0 Å². The largest absolute Gasteiger partial charge is 0.313 e. The van der Waals surface area contributed by atoms with Crippen LogP contribution in [-0.4, -0.2) is 24.1 Å². The van der Waals surface area contributed by atoms with Crippen molar-refractivity contribution < 1.29 is 0 Å². The Kier molecular flexibility index (Phi) is 6.93. The van der Waals surface area contributed by atoms with E-state index >= 15 is 0 Å². The standard InChI is InChI=1S/C13H20ClNS/c1-3-15-13(10-16-4-2)9-11-6-5-7-12(14)8-11/h5-8,13,15H,3-4,9-10H2,1-2H3. The molecule has 1 rings (SSSR count). The summed E-state index contributed by atoms with van der Waals surface area (Å²) in [6, 6.07) is 8.70. The maximum absolute atomic E-state index is 5.98. The lowest BCUT2D eigenvalue weighted by Crippen LogP contribution is -2.33. The molecule has 1 aromatic carbocycles. The number of benzene rings is 1. The molecule has 0 heterocycles. The van der Waals surface area contributed by atoms with Crippen molar-refractivity contribution in [3.63, 3.8) is 0 Å². The maximum Gasteiger partial charge on any atom is 0.0408 e. The molecular formula is C13H20ClNS. The smallest absolute Gasteiger partial charge is 0.0408 e. The van der Waals surface area contributed by atoms with Gasteiger partial charge in [0.15, 0.2) is 0 Å². The molecule has 90 valence electrons. The second-order valence-corrected chi connectivity index (χ2v) is 5.50. The molecule has 0 saturated heterocycles. The van der Waals surface area contributed by atoms with Crippen LogP contribution < -0.4 is 5.32 Å². The van der Waals surface area contributed by atoms with E-state index < -0.39 is 0 Å². The molecule has 3 heteroatoms. The van der Waals surface area contributed by atoms with Gasteiger partial charge >= 0.3 is 0 Å². The molecular weight excluding hydrogens is 238 g/mol. The van der Waals surface area contributed by atoms with Crippen LogP contribution in [-0.2, 0) is 6.42 Å². The lowest BCUT2D eigenvalue weighted by atomic mass is 10.1. The van der Waals surface area contributed by atoms with Crippen LogP contribution in [0, 0.1) is 0 Å². The minimum atomic E-state index is 0.549. The summed E-state index contributed by atoms with van der Waals surface area (Å²) in [7, 11) is 0. The van der Waals surface area contributed by atoms with Crippen LogP contribution in [0.4, 0.5) is 0 Å². The fourth-order valence-corrected chi connectivity index (χ4v) is 2.66. The summed E-state index contributed by atoms with van der Waals surface area (Å²) in [5.74, 6) is 2.34. The second-order valence-electron chi connectivity index (χ2n) is 3.75. The molecule has 0 aliphatic heterocycles. The number of hydrogen-bond acceptors (Lipinski definition) is 2. The van der Waals surface area contributed by atoms with Gasteiger partial charge in [-0.1, -0.05) is 37.6 Å². The van der Waals surface area contributed by atoms with Gasteiger partial charge in [0.25, 0.3) is 0 Å². The average Bonchev–Trinajstić information content (AvgIpc) is 2.26. The topological polar surface area (TPSA) is 12.0 Å². The summed E-state index contributed by atoms with van der Waals surface area (Å²) in [6.07, 6.45) is 1.06. The van der Waals surface area contributed by atoms with E-state index in [1.807, 2.05) is 23.9 Å². The van der Waals surface area contributed by atoms with Gasteiger partial charge in [-0.25, -0.2) is 0 Å². The molecule has 0 spiro atoms.